The zero-order chi connectivity index (χ0) is 34.0. The van der Waals surface area contributed by atoms with Crippen LogP contribution in [0.15, 0.2) is 54.6 Å². The normalized spacial score (nSPS) is 31.0. The molecule has 5 rings (SSSR count). The Morgan fingerprint density at radius 2 is 1.42 bits per heavy atom. The van der Waals surface area contributed by atoms with Crippen LogP contribution in [-0.4, -0.2) is 132 Å². The minimum absolute atomic E-state index is 0.140. The molecule has 9 atom stereocenters. The van der Waals surface area contributed by atoms with Crippen LogP contribution < -0.4 is 0 Å². The fraction of sp³-hybridized carbons (Fsp3) is 0.639. The highest BCUT2D eigenvalue weighted by Crippen LogP contribution is 2.32. The molecule has 0 saturated carbocycles. The van der Waals surface area contributed by atoms with Crippen molar-refractivity contribution in [1.82, 2.24) is 9.80 Å². The van der Waals surface area contributed by atoms with Crippen LogP contribution in [0, 0.1) is 0 Å². The second-order valence-corrected chi connectivity index (χ2v) is 13.1. The smallest absolute Gasteiger partial charge is 0.332 e. The Labute approximate surface area is 289 Å². The molecule has 0 radical (unpaired) electrons. The van der Waals surface area contributed by atoms with Crippen molar-refractivity contribution in [3.8, 4) is 0 Å². The number of carbonyl (C=O) groups is 1. The molecule has 11 nitrogen and oxygen atoms in total. The molecule has 2 aromatic rings. The summed E-state index contributed by atoms with van der Waals surface area (Å²) in [7, 11) is 4.86. The average molecular weight is 691 g/mol. The van der Waals surface area contributed by atoms with E-state index < -0.39 is 30.6 Å². The fourth-order valence-corrected chi connectivity index (χ4v) is 7.04. The van der Waals surface area contributed by atoms with Gasteiger partial charge < -0.3 is 37.9 Å². The fourth-order valence-electron chi connectivity index (χ4n) is 6.92. The van der Waals surface area contributed by atoms with Gasteiger partial charge in [-0.15, -0.1) is 0 Å². The number of nitrogens with zero attached hydrogens (tertiary/aromatic N) is 2. The summed E-state index contributed by atoms with van der Waals surface area (Å²) in [6.45, 7) is 8.45. The standard InChI is InChI=1S/C36H51ClN2O9/c1-24-35(30(42-4)22-33(46-24)48-36-25(2)45-32(43-5)21-29(36)41-3)47-31(40)23-44-20-19-38-15-17-39(18-16-38)34(26-9-7-6-8-10-26)27-11-13-28(37)14-12-27/h6-14,24-25,29-30,32-36H,15-23H2,1-5H3/t24?,25?,29?,30?,32-,33+,34?,35+,36+/m1/s1. The van der Waals surface area contributed by atoms with E-state index in [-0.39, 0.29) is 37.3 Å². The maximum absolute atomic E-state index is 12.8. The lowest BCUT2D eigenvalue weighted by atomic mass is 9.96. The second kappa shape index (κ2) is 18.2. The summed E-state index contributed by atoms with van der Waals surface area (Å²) in [6, 6.07) is 18.9. The van der Waals surface area contributed by atoms with E-state index in [9.17, 15) is 4.79 Å². The monoisotopic (exact) mass is 690 g/mol. The number of hydrogen-bond donors (Lipinski definition) is 0. The number of halogens is 1. The second-order valence-electron chi connectivity index (χ2n) is 12.6. The quantitative estimate of drug-likeness (QED) is 0.210. The van der Waals surface area contributed by atoms with Gasteiger partial charge in [0.25, 0.3) is 0 Å². The largest absolute Gasteiger partial charge is 0.455 e. The van der Waals surface area contributed by atoms with Crippen molar-refractivity contribution in [1.29, 1.82) is 0 Å². The van der Waals surface area contributed by atoms with Crippen LogP contribution in [0.25, 0.3) is 0 Å². The summed E-state index contributed by atoms with van der Waals surface area (Å²) in [4.78, 5) is 17.7. The molecule has 0 N–H and O–H groups in total. The number of methoxy groups -OCH3 is 3. The summed E-state index contributed by atoms with van der Waals surface area (Å²) >= 11 is 6.18. The summed E-state index contributed by atoms with van der Waals surface area (Å²) in [5, 5.41) is 0.737. The van der Waals surface area contributed by atoms with Gasteiger partial charge in [-0.2, -0.15) is 0 Å². The summed E-state index contributed by atoms with van der Waals surface area (Å²) < 4.78 is 46.7. The number of ether oxygens (including phenoxy) is 8. The van der Waals surface area contributed by atoms with Gasteiger partial charge >= 0.3 is 5.97 Å². The molecular formula is C36H51ClN2O9. The van der Waals surface area contributed by atoms with E-state index in [1.165, 1.54) is 11.1 Å². The van der Waals surface area contributed by atoms with Gasteiger partial charge in [0.1, 0.15) is 18.8 Å². The van der Waals surface area contributed by atoms with Gasteiger partial charge in [-0.05, 0) is 37.1 Å². The van der Waals surface area contributed by atoms with E-state index in [0.717, 1.165) is 37.7 Å². The zero-order valence-corrected chi connectivity index (χ0v) is 29.5. The van der Waals surface area contributed by atoms with Crippen molar-refractivity contribution < 1.29 is 42.7 Å². The van der Waals surface area contributed by atoms with E-state index in [2.05, 4.69) is 46.2 Å². The molecule has 2 aromatic carbocycles. The van der Waals surface area contributed by atoms with E-state index >= 15 is 0 Å². The van der Waals surface area contributed by atoms with Crippen LogP contribution >= 0.6 is 11.6 Å². The molecular weight excluding hydrogens is 640 g/mol. The molecule has 3 aliphatic heterocycles. The minimum atomic E-state index is -0.589. The number of piperazine rings is 1. The van der Waals surface area contributed by atoms with Crippen LogP contribution in [0.1, 0.15) is 43.9 Å². The molecule has 266 valence electrons. The van der Waals surface area contributed by atoms with Crippen LogP contribution in [0.5, 0.6) is 0 Å². The van der Waals surface area contributed by atoms with Gasteiger partial charge in [-0.3, -0.25) is 9.80 Å². The highest BCUT2D eigenvalue weighted by molar-refractivity contribution is 6.30. The van der Waals surface area contributed by atoms with Gasteiger partial charge in [0, 0.05) is 71.9 Å². The Hall–Kier alpha value is -2.16. The first-order valence-corrected chi connectivity index (χ1v) is 17.3. The number of benzene rings is 2. The maximum atomic E-state index is 12.8. The summed E-state index contributed by atoms with van der Waals surface area (Å²) in [5.74, 6) is -0.449. The van der Waals surface area contributed by atoms with Crippen LogP contribution in [0.3, 0.4) is 0 Å². The third kappa shape index (κ3) is 9.75. The Bertz CT molecular complexity index is 1250. The van der Waals surface area contributed by atoms with E-state index in [4.69, 9.17) is 49.5 Å². The van der Waals surface area contributed by atoms with E-state index in [1.54, 1.807) is 21.3 Å². The molecule has 0 amide bonds. The molecule has 12 heteroatoms. The summed E-state index contributed by atoms with van der Waals surface area (Å²) in [6.07, 6.45) is -2.24. The maximum Gasteiger partial charge on any atom is 0.332 e. The zero-order valence-electron chi connectivity index (χ0n) is 28.7. The number of rotatable bonds is 14. The first kappa shape index (κ1) is 37.1. The lowest BCUT2D eigenvalue weighted by molar-refractivity contribution is -0.313. The topological polar surface area (TPSA) is 97.4 Å². The Morgan fingerprint density at radius 1 is 0.812 bits per heavy atom. The van der Waals surface area contributed by atoms with Gasteiger partial charge in [0.2, 0.25) is 0 Å². The van der Waals surface area contributed by atoms with Gasteiger partial charge in [-0.25, -0.2) is 4.79 Å². The minimum Gasteiger partial charge on any atom is -0.455 e. The third-order valence-electron chi connectivity index (χ3n) is 9.53. The van der Waals surface area contributed by atoms with Crippen molar-refractivity contribution in [2.45, 2.75) is 81.9 Å². The SMILES string of the molecule is COC1C[C@H](O[C@H]2C(C)O[C@@H](OC)CC2OC)OC(C)[C@@H]1OC(=O)COCCN1CCN(C(c2ccccc2)c2ccc(Cl)cc2)CC1. The lowest BCUT2D eigenvalue weighted by Crippen LogP contribution is -2.55. The van der Waals surface area contributed by atoms with Gasteiger partial charge in [0.15, 0.2) is 18.7 Å². The molecule has 0 spiro atoms. The summed E-state index contributed by atoms with van der Waals surface area (Å²) in [5.41, 5.74) is 2.49. The molecule has 0 aromatic heterocycles. The highest BCUT2D eigenvalue weighted by atomic mass is 35.5. The number of esters is 1. The molecule has 0 bridgehead atoms. The Kier molecular flexibility index (Phi) is 14.1. The average Bonchev–Trinajstić information content (AvgIpc) is 3.10. The van der Waals surface area contributed by atoms with Crippen LogP contribution in [0.2, 0.25) is 5.02 Å². The number of carbonyl (C=O) groups excluding carboxylic acids is 1. The Morgan fingerprint density at radius 3 is 2.08 bits per heavy atom. The highest BCUT2D eigenvalue weighted by Gasteiger charge is 2.44. The van der Waals surface area contributed by atoms with Gasteiger partial charge in [-0.1, -0.05) is 54.1 Å². The van der Waals surface area contributed by atoms with E-state index in [0.29, 0.717) is 19.4 Å². The molecule has 3 fully saturated rings. The molecule has 0 aliphatic carbocycles. The first-order valence-electron chi connectivity index (χ1n) is 16.9. The molecule has 3 saturated heterocycles. The van der Waals surface area contributed by atoms with Crippen molar-refractivity contribution in [3.05, 3.63) is 70.7 Å². The predicted octanol–water partition coefficient (Wildman–Crippen LogP) is 4.31. The van der Waals surface area contributed by atoms with Crippen molar-refractivity contribution in [3.63, 3.8) is 0 Å². The van der Waals surface area contributed by atoms with Crippen molar-refractivity contribution in [2.75, 3.05) is 67.3 Å². The third-order valence-corrected chi connectivity index (χ3v) is 9.78. The molecule has 5 unspecified atom stereocenters. The molecule has 3 heterocycles. The van der Waals surface area contributed by atoms with Crippen LogP contribution in [-0.2, 0) is 42.7 Å². The molecule has 3 aliphatic rings. The Balaban J connectivity index is 1.03. The predicted molar refractivity (Wildman–Crippen MR) is 180 cm³/mol. The van der Waals surface area contributed by atoms with Crippen molar-refractivity contribution >= 4 is 17.6 Å². The van der Waals surface area contributed by atoms with E-state index in [1.807, 2.05) is 32.0 Å². The lowest BCUT2D eigenvalue weighted by Gasteiger charge is -2.44. The number of hydrogen-bond acceptors (Lipinski definition) is 11. The van der Waals surface area contributed by atoms with Crippen molar-refractivity contribution in [2.24, 2.45) is 0 Å². The van der Waals surface area contributed by atoms with Gasteiger partial charge in [0.05, 0.1) is 31.0 Å². The van der Waals surface area contributed by atoms with Crippen LogP contribution in [0.4, 0.5) is 0 Å². The first-order chi connectivity index (χ1) is 23.3. The molecule has 48 heavy (non-hydrogen) atoms.